The fourth-order valence-electron chi connectivity index (χ4n) is 2.87. The van der Waals surface area contributed by atoms with E-state index in [-0.39, 0.29) is 30.0 Å². The summed E-state index contributed by atoms with van der Waals surface area (Å²) in [6.45, 7) is 0.607. The van der Waals surface area contributed by atoms with Crippen molar-refractivity contribution in [1.82, 2.24) is 5.32 Å². The zero-order chi connectivity index (χ0) is 15.2. The van der Waals surface area contributed by atoms with Crippen molar-refractivity contribution in [3.8, 4) is 0 Å². The van der Waals surface area contributed by atoms with E-state index in [9.17, 15) is 14.9 Å². The molecular formula is C15H22ClN3O3. The number of rotatable bonds is 6. The Balaban J connectivity index is 0.00000242. The molecular weight excluding hydrogens is 306 g/mol. The van der Waals surface area contributed by atoms with Crippen LogP contribution in [-0.2, 0) is 11.2 Å². The number of halogens is 1. The molecule has 0 saturated heterocycles. The van der Waals surface area contributed by atoms with E-state index >= 15 is 0 Å². The molecule has 3 N–H and O–H groups in total. The minimum Gasteiger partial charge on any atom is -0.353 e. The van der Waals surface area contributed by atoms with Crippen LogP contribution >= 0.6 is 12.4 Å². The zero-order valence-electron chi connectivity index (χ0n) is 12.4. The Kier molecular flexibility index (Phi) is 7.27. The molecule has 22 heavy (non-hydrogen) atoms. The van der Waals surface area contributed by atoms with Crippen LogP contribution in [0.1, 0.15) is 31.2 Å². The number of hydrogen-bond donors (Lipinski definition) is 2. The van der Waals surface area contributed by atoms with E-state index < -0.39 is 4.92 Å². The highest BCUT2D eigenvalue weighted by atomic mass is 35.5. The Labute approximate surface area is 136 Å². The van der Waals surface area contributed by atoms with Crippen molar-refractivity contribution in [2.75, 3.05) is 6.54 Å². The van der Waals surface area contributed by atoms with E-state index in [1.165, 1.54) is 12.1 Å². The lowest BCUT2D eigenvalue weighted by molar-refractivity contribution is -0.384. The maximum absolute atomic E-state index is 12.0. The summed E-state index contributed by atoms with van der Waals surface area (Å²) in [5.41, 5.74) is 6.56. The molecule has 0 spiro atoms. The molecule has 2 rings (SSSR count). The predicted octanol–water partition coefficient (Wildman–Crippen LogP) is 2.19. The number of non-ortho nitro benzene ring substituents is 1. The number of carbonyl (C=O) groups is 1. The third-order valence-corrected chi connectivity index (χ3v) is 4.07. The fourth-order valence-corrected chi connectivity index (χ4v) is 2.87. The van der Waals surface area contributed by atoms with Gasteiger partial charge >= 0.3 is 0 Å². The van der Waals surface area contributed by atoms with Crippen LogP contribution in [-0.4, -0.2) is 23.4 Å². The minimum absolute atomic E-state index is 0. The Morgan fingerprint density at radius 2 is 2.18 bits per heavy atom. The van der Waals surface area contributed by atoms with Gasteiger partial charge in [0, 0.05) is 24.6 Å². The van der Waals surface area contributed by atoms with E-state index in [0.29, 0.717) is 25.3 Å². The van der Waals surface area contributed by atoms with Crippen LogP contribution in [0.3, 0.4) is 0 Å². The van der Waals surface area contributed by atoms with E-state index in [1.54, 1.807) is 12.1 Å². The van der Waals surface area contributed by atoms with Gasteiger partial charge in [-0.2, -0.15) is 0 Å². The number of hydrogen-bond acceptors (Lipinski definition) is 4. The largest absolute Gasteiger partial charge is 0.353 e. The highest BCUT2D eigenvalue weighted by Crippen LogP contribution is 2.24. The normalized spacial score (nSPS) is 20.2. The number of carbonyl (C=O) groups excluding carboxylic acids is 1. The summed E-state index contributed by atoms with van der Waals surface area (Å²) < 4.78 is 0. The molecule has 0 radical (unpaired) electrons. The van der Waals surface area contributed by atoms with Crippen molar-refractivity contribution in [3.63, 3.8) is 0 Å². The van der Waals surface area contributed by atoms with Crippen molar-refractivity contribution in [2.24, 2.45) is 11.7 Å². The Morgan fingerprint density at radius 3 is 2.86 bits per heavy atom. The first kappa shape index (κ1) is 18.4. The summed E-state index contributed by atoms with van der Waals surface area (Å²) in [4.78, 5) is 22.2. The molecule has 122 valence electrons. The third kappa shape index (κ3) is 4.96. The van der Waals surface area contributed by atoms with Gasteiger partial charge in [0.1, 0.15) is 0 Å². The van der Waals surface area contributed by atoms with Crippen LogP contribution in [0.25, 0.3) is 0 Å². The quantitative estimate of drug-likeness (QED) is 0.618. The van der Waals surface area contributed by atoms with Gasteiger partial charge < -0.3 is 11.1 Å². The lowest BCUT2D eigenvalue weighted by Gasteiger charge is -2.19. The average Bonchev–Trinajstić information content (AvgIpc) is 2.92. The van der Waals surface area contributed by atoms with E-state index in [0.717, 1.165) is 24.8 Å². The summed E-state index contributed by atoms with van der Waals surface area (Å²) >= 11 is 0. The van der Waals surface area contributed by atoms with Crippen molar-refractivity contribution >= 4 is 24.0 Å². The summed E-state index contributed by atoms with van der Waals surface area (Å²) in [7, 11) is 0. The SMILES string of the molecule is Cl.NCC1CCCC1NC(=O)CCc1cccc([N+](=O)[O-])c1. The van der Waals surface area contributed by atoms with Crippen molar-refractivity contribution in [2.45, 2.75) is 38.1 Å². The molecule has 1 saturated carbocycles. The molecule has 0 heterocycles. The van der Waals surface area contributed by atoms with Crippen molar-refractivity contribution < 1.29 is 9.72 Å². The number of nitrogens with one attached hydrogen (secondary N) is 1. The average molecular weight is 328 g/mol. The highest BCUT2D eigenvalue weighted by Gasteiger charge is 2.27. The summed E-state index contributed by atoms with van der Waals surface area (Å²) in [5, 5.41) is 13.7. The van der Waals surface area contributed by atoms with Crippen molar-refractivity contribution in [3.05, 3.63) is 39.9 Å². The Morgan fingerprint density at radius 1 is 1.41 bits per heavy atom. The molecule has 6 nitrogen and oxygen atoms in total. The van der Waals surface area contributed by atoms with Gasteiger partial charge in [-0.1, -0.05) is 18.6 Å². The molecule has 0 aliphatic heterocycles. The second kappa shape index (κ2) is 8.70. The van der Waals surface area contributed by atoms with Gasteiger partial charge in [-0.15, -0.1) is 12.4 Å². The van der Waals surface area contributed by atoms with Gasteiger partial charge in [0.15, 0.2) is 0 Å². The molecule has 1 aromatic carbocycles. The number of nitro groups is 1. The first-order valence-electron chi connectivity index (χ1n) is 7.33. The number of aryl methyl sites for hydroxylation is 1. The zero-order valence-corrected chi connectivity index (χ0v) is 13.2. The number of amides is 1. The second-order valence-corrected chi connectivity index (χ2v) is 5.53. The molecule has 7 heteroatoms. The van der Waals surface area contributed by atoms with Crippen LogP contribution in [0, 0.1) is 16.0 Å². The van der Waals surface area contributed by atoms with Gasteiger partial charge in [0.25, 0.3) is 5.69 Å². The maximum atomic E-state index is 12.0. The fraction of sp³-hybridized carbons (Fsp3) is 0.533. The minimum atomic E-state index is -0.423. The first-order chi connectivity index (χ1) is 10.1. The lowest BCUT2D eigenvalue weighted by Crippen LogP contribution is -2.39. The Bertz CT molecular complexity index is 525. The van der Waals surface area contributed by atoms with Crippen LogP contribution in [0.4, 0.5) is 5.69 Å². The highest BCUT2D eigenvalue weighted by molar-refractivity contribution is 5.85. The molecule has 1 aromatic rings. The maximum Gasteiger partial charge on any atom is 0.269 e. The van der Waals surface area contributed by atoms with Gasteiger partial charge in [-0.25, -0.2) is 0 Å². The molecule has 0 bridgehead atoms. The standard InChI is InChI=1S/C15H21N3O3.ClH/c16-10-12-4-2-6-14(12)17-15(19)8-7-11-3-1-5-13(9-11)18(20)21;/h1,3,5,9,12,14H,2,4,6-8,10,16H2,(H,17,19);1H. The number of nitrogens with two attached hydrogens (primary N) is 1. The van der Waals surface area contributed by atoms with E-state index in [2.05, 4.69) is 5.32 Å². The van der Waals surface area contributed by atoms with E-state index in [4.69, 9.17) is 5.73 Å². The number of nitrogens with zero attached hydrogens (tertiary/aromatic N) is 1. The van der Waals surface area contributed by atoms with Crippen LogP contribution < -0.4 is 11.1 Å². The smallest absolute Gasteiger partial charge is 0.269 e. The molecule has 1 aliphatic rings. The molecule has 1 amide bonds. The second-order valence-electron chi connectivity index (χ2n) is 5.53. The van der Waals surface area contributed by atoms with Gasteiger partial charge in [-0.3, -0.25) is 14.9 Å². The number of benzene rings is 1. The molecule has 1 fully saturated rings. The molecule has 2 unspecified atom stereocenters. The van der Waals surface area contributed by atoms with Gasteiger partial charge in [-0.05, 0) is 37.3 Å². The molecule has 1 aliphatic carbocycles. The van der Waals surface area contributed by atoms with Gasteiger partial charge in [0.2, 0.25) is 5.91 Å². The first-order valence-corrected chi connectivity index (χ1v) is 7.33. The number of nitro benzene ring substituents is 1. The summed E-state index contributed by atoms with van der Waals surface area (Å²) in [5.74, 6) is 0.374. The topological polar surface area (TPSA) is 98.3 Å². The Hall–Kier alpha value is -1.66. The third-order valence-electron chi connectivity index (χ3n) is 4.07. The predicted molar refractivity (Wildman–Crippen MR) is 87.0 cm³/mol. The lowest BCUT2D eigenvalue weighted by atomic mass is 10.0. The summed E-state index contributed by atoms with van der Waals surface area (Å²) in [6.07, 6.45) is 4.02. The van der Waals surface area contributed by atoms with Crippen LogP contribution in [0.2, 0.25) is 0 Å². The van der Waals surface area contributed by atoms with Crippen LogP contribution in [0.5, 0.6) is 0 Å². The van der Waals surface area contributed by atoms with Crippen LogP contribution in [0.15, 0.2) is 24.3 Å². The summed E-state index contributed by atoms with van der Waals surface area (Å²) in [6, 6.07) is 6.61. The monoisotopic (exact) mass is 327 g/mol. The van der Waals surface area contributed by atoms with E-state index in [1.807, 2.05) is 0 Å². The molecule has 0 aromatic heterocycles. The molecule has 2 atom stereocenters. The van der Waals surface area contributed by atoms with Gasteiger partial charge in [0.05, 0.1) is 4.92 Å². The van der Waals surface area contributed by atoms with Crippen molar-refractivity contribution in [1.29, 1.82) is 0 Å².